The maximum atomic E-state index is 14.5. The van der Waals surface area contributed by atoms with Crippen LogP contribution < -0.4 is 60.6 Å². The molecule has 1 fully saturated rings. The van der Waals surface area contributed by atoms with E-state index in [2.05, 4.69) is 41.9 Å². The van der Waals surface area contributed by atoms with Crippen LogP contribution in [0.1, 0.15) is 69.9 Å². The quantitative estimate of drug-likeness (QED) is 0.0330. The molecule has 69 heavy (non-hydrogen) atoms. The zero-order valence-corrected chi connectivity index (χ0v) is 40.3. The number of carbonyl (C=O) groups is 8. The maximum absolute atomic E-state index is 14.5. The summed E-state index contributed by atoms with van der Waals surface area (Å²) in [5, 5.41) is 27.2. The minimum atomic E-state index is -1.65. The number of aromatic amines is 1. The van der Waals surface area contributed by atoms with Crippen LogP contribution in [-0.4, -0.2) is 129 Å². The van der Waals surface area contributed by atoms with Crippen molar-refractivity contribution in [3.05, 3.63) is 71.9 Å². The Bertz CT molecular complexity index is 2290. The van der Waals surface area contributed by atoms with E-state index in [4.69, 9.17) is 28.7 Å². The van der Waals surface area contributed by atoms with Gasteiger partial charge in [-0.2, -0.15) is 0 Å². The number of hydrogen-bond donors (Lipinski definition) is 13. The molecular formula is C45H65N13O9S2. The van der Waals surface area contributed by atoms with E-state index in [-0.39, 0.29) is 56.8 Å². The molecular weight excluding hydrogens is 931 g/mol. The molecule has 2 heterocycles. The summed E-state index contributed by atoms with van der Waals surface area (Å²) in [5.41, 5.74) is 30.4. The van der Waals surface area contributed by atoms with Crippen LogP contribution in [0.2, 0.25) is 0 Å². The fourth-order valence-corrected chi connectivity index (χ4v) is 10.1. The summed E-state index contributed by atoms with van der Waals surface area (Å²) in [4.78, 5) is 118. The van der Waals surface area contributed by atoms with E-state index in [1.54, 1.807) is 56.4 Å². The molecule has 18 N–H and O–H groups in total. The number of nitrogens with zero attached hydrogens (tertiary/aromatic N) is 1. The van der Waals surface area contributed by atoms with E-state index >= 15 is 0 Å². The Labute approximate surface area is 407 Å². The predicted octanol–water partition coefficient (Wildman–Crippen LogP) is -1.10. The number of nitrogens with two attached hydrogens (primary N) is 5. The van der Waals surface area contributed by atoms with Crippen LogP contribution in [-0.2, 0) is 51.2 Å². The molecule has 4 rings (SSSR count). The Morgan fingerprint density at radius 2 is 1.41 bits per heavy atom. The number of carbonyl (C=O) groups excluding carboxylic acids is 7. The lowest BCUT2D eigenvalue weighted by Crippen LogP contribution is -2.61. The van der Waals surface area contributed by atoms with Gasteiger partial charge in [0, 0.05) is 42.2 Å². The molecule has 1 aliphatic rings. The molecule has 0 spiro atoms. The van der Waals surface area contributed by atoms with Crippen molar-refractivity contribution in [2.75, 3.05) is 18.8 Å². The van der Waals surface area contributed by atoms with Gasteiger partial charge in [-0.25, -0.2) is 4.79 Å². The summed E-state index contributed by atoms with van der Waals surface area (Å²) < 4.78 is -1.24. The molecule has 0 saturated carbocycles. The topological polar surface area (TPSA) is 387 Å². The van der Waals surface area contributed by atoms with Crippen LogP contribution >= 0.6 is 21.6 Å². The van der Waals surface area contributed by atoms with E-state index in [1.165, 1.54) is 0 Å². The monoisotopic (exact) mass is 995 g/mol. The number of unbranched alkanes of at least 4 members (excludes halogenated alkanes) is 1. The van der Waals surface area contributed by atoms with Crippen molar-refractivity contribution < 1.29 is 43.5 Å². The van der Waals surface area contributed by atoms with Gasteiger partial charge in [-0.15, -0.1) is 0 Å². The van der Waals surface area contributed by atoms with Crippen LogP contribution in [0.15, 0.2) is 65.8 Å². The molecule has 0 bridgehead atoms. The number of aliphatic imine (C=N–C) groups is 1. The first kappa shape index (κ1) is 55.2. The number of nitrogens with one attached hydrogen (secondary N) is 7. The molecule has 3 aromatic rings. The van der Waals surface area contributed by atoms with Gasteiger partial charge >= 0.3 is 5.97 Å². The summed E-state index contributed by atoms with van der Waals surface area (Å²) in [6.45, 7) is 3.63. The summed E-state index contributed by atoms with van der Waals surface area (Å²) in [7, 11) is 2.24. The number of guanidine groups is 1. The van der Waals surface area contributed by atoms with Crippen molar-refractivity contribution >= 4 is 85.8 Å². The van der Waals surface area contributed by atoms with Gasteiger partial charge in [0.1, 0.15) is 36.3 Å². The average molecular weight is 996 g/mol. The highest BCUT2D eigenvalue weighted by molar-refractivity contribution is 8.77. The largest absolute Gasteiger partial charge is 0.480 e. The first-order valence-electron chi connectivity index (χ1n) is 22.5. The van der Waals surface area contributed by atoms with Crippen molar-refractivity contribution in [1.29, 1.82) is 0 Å². The molecule has 1 aliphatic heterocycles. The van der Waals surface area contributed by atoms with Crippen LogP contribution in [0.4, 0.5) is 0 Å². The molecule has 7 amide bonds. The zero-order chi connectivity index (χ0) is 50.7. The molecule has 24 heteroatoms. The number of carboxylic acids is 1. The fourth-order valence-electron chi connectivity index (χ4n) is 7.43. The number of aromatic nitrogens is 1. The van der Waals surface area contributed by atoms with Gasteiger partial charge in [0.15, 0.2) is 5.96 Å². The number of aliphatic carboxylic acids is 1. The lowest BCUT2D eigenvalue weighted by Gasteiger charge is -2.32. The predicted molar refractivity (Wildman–Crippen MR) is 265 cm³/mol. The Balaban J connectivity index is 1.81. The number of benzene rings is 2. The minimum Gasteiger partial charge on any atom is -0.480 e. The summed E-state index contributed by atoms with van der Waals surface area (Å²) >= 11 is 0. The summed E-state index contributed by atoms with van der Waals surface area (Å²) in [6.07, 6.45) is 2.14. The van der Waals surface area contributed by atoms with Crippen molar-refractivity contribution in [1.82, 2.24) is 36.9 Å². The van der Waals surface area contributed by atoms with E-state index in [0.29, 0.717) is 30.5 Å². The van der Waals surface area contributed by atoms with E-state index < -0.39 is 101 Å². The van der Waals surface area contributed by atoms with Gasteiger partial charge in [0.2, 0.25) is 41.4 Å². The van der Waals surface area contributed by atoms with Gasteiger partial charge < -0.3 is 70.7 Å². The van der Waals surface area contributed by atoms with Crippen molar-refractivity contribution in [2.24, 2.45) is 33.7 Å². The number of primary amides is 1. The third kappa shape index (κ3) is 17.6. The molecule has 1 aromatic heterocycles. The number of H-pyrrole nitrogens is 1. The lowest BCUT2D eigenvalue weighted by molar-refractivity contribution is -0.143. The number of para-hydroxylation sites is 1. The molecule has 7 atom stereocenters. The van der Waals surface area contributed by atoms with Crippen molar-refractivity contribution in [3.63, 3.8) is 0 Å². The molecule has 22 nitrogen and oxygen atoms in total. The van der Waals surface area contributed by atoms with E-state index in [1.807, 2.05) is 18.2 Å². The smallest absolute Gasteiger partial charge is 0.327 e. The first-order valence-corrected chi connectivity index (χ1v) is 24.8. The molecule has 0 radical (unpaired) electrons. The summed E-state index contributed by atoms with van der Waals surface area (Å²) in [5.74, 6) is -7.51. The summed E-state index contributed by atoms with van der Waals surface area (Å²) in [6, 6.07) is 6.10. The second-order valence-corrected chi connectivity index (χ2v) is 20.2. The highest BCUT2D eigenvalue weighted by Gasteiger charge is 2.40. The van der Waals surface area contributed by atoms with E-state index in [9.17, 15) is 43.5 Å². The number of fused-ring (bicyclic) bond motifs is 1. The lowest BCUT2D eigenvalue weighted by atomic mass is 10.00. The van der Waals surface area contributed by atoms with E-state index in [0.717, 1.165) is 32.5 Å². The number of amides is 7. The third-order valence-electron chi connectivity index (χ3n) is 11.2. The molecule has 1 saturated heterocycles. The molecule has 0 aliphatic carbocycles. The standard InChI is InChI=1S/C45H65N13O9S2/c1-45(2)36(43(66)67)58-42(65)33(22-26-24-52-29-15-7-6-13-27(26)29)56-38(61)30(16-10-19-51-44(49)50)54-40(63)32(21-25-11-4-3-5-12-25)55-41(64)34(23-35(48)59)57-39(62)31(17-20-68-69-45)53-37(60)28(47)14-8-9-18-46/h3-7,11-13,15,24,28,30-34,36,52H,8-10,14,16-23,46-47H2,1-2H3,(H2,48,59)(H,53,60)(H,54,63)(H,55,64)(H,56,61)(H,57,62)(H,58,65)(H,66,67)(H4,49,50,51)/t28-,30-,31-,32+,33-,34-,36+/m0/s1. The van der Waals surface area contributed by atoms with Crippen LogP contribution in [0.3, 0.4) is 0 Å². The van der Waals surface area contributed by atoms with Crippen LogP contribution in [0.25, 0.3) is 10.9 Å². The maximum Gasteiger partial charge on any atom is 0.327 e. The van der Waals surface area contributed by atoms with Crippen LogP contribution in [0, 0.1) is 0 Å². The Kier molecular flexibility index (Phi) is 21.6. The number of rotatable bonds is 17. The van der Waals surface area contributed by atoms with Gasteiger partial charge in [-0.3, -0.25) is 38.6 Å². The normalized spacial score (nSPS) is 22.6. The zero-order valence-electron chi connectivity index (χ0n) is 38.7. The van der Waals surface area contributed by atoms with Gasteiger partial charge in [0.05, 0.1) is 17.2 Å². The van der Waals surface area contributed by atoms with Crippen molar-refractivity contribution in [3.8, 4) is 0 Å². The number of carboxylic acid groups (broad SMARTS) is 1. The SMILES string of the molecule is CC1(C)SSCC[C@H](NC(=O)[C@@H](N)CCCCN)C(=O)N[C@@H](CC(N)=O)C(=O)N[C@H](Cc2ccccc2)C(=O)N[C@@H](CCCN=C(N)N)C(=O)N[C@@H](Cc2c[nH]c3ccccc23)C(=O)N[C@@H]1C(=O)O. The second-order valence-electron chi connectivity index (χ2n) is 17.1. The van der Waals surface area contributed by atoms with Gasteiger partial charge in [0.25, 0.3) is 0 Å². The van der Waals surface area contributed by atoms with Gasteiger partial charge in [-0.05, 0) is 69.7 Å². The Hall–Kier alpha value is -6.37. The first-order chi connectivity index (χ1) is 32.8. The molecule has 376 valence electrons. The highest BCUT2D eigenvalue weighted by atomic mass is 33.1. The minimum absolute atomic E-state index is 0.0483. The molecule has 0 unspecified atom stereocenters. The van der Waals surface area contributed by atoms with Gasteiger partial charge in [-0.1, -0.05) is 76.5 Å². The van der Waals surface area contributed by atoms with Crippen LogP contribution in [0.5, 0.6) is 0 Å². The average Bonchev–Trinajstić information content (AvgIpc) is 3.71. The third-order valence-corrected chi connectivity index (χ3v) is 14.5. The number of hydrogen-bond acceptors (Lipinski definition) is 13. The van der Waals surface area contributed by atoms with Crippen molar-refractivity contribution in [2.45, 2.75) is 119 Å². The Morgan fingerprint density at radius 3 is 2.07 bits per heavy atom. The fraction of sp³-hybridized carbons (Fsp3) is 0.489. The Morgan fingerprint density at radius 1 is 0.797 bits per heavy atom. The second kappa shape index (κ2) is 27.0. The molecule has 2 aromatic carbocycles. The highest BCUT2D eigenvalue weighted by Crippen LogP contribution is 2.39.